The number of hydrogen-bond donors (Lipinski definition) is 2. The minimum Gasteiger partial charge on any atom is -0.443 e. The molecular weight excluding hydrogens is 263 g/mol. The second-order valence-corrected chi connectivity index (χ2v) is 5.80. The second kappa shape index (κ2) is 5.38. The van der Waals surface area contributed by atoms with Crippen LogP contribution in [0.5, 0.6) is 0 Å². The van der Waals surface area contributed by atoms with Gasteiger partial charge in [0.2, 0.25) is 0 Å². The Morgan fingerprint density at radius 1 is 1.40 bits per heavy atom. The fourth-order valence-electron chi connectivity index (χ4n) is 2.01. The molecule has 0 radical (unpaired) electrons. The molecule has 110 valence electrons. The molecule has 0 spiro atoms. The molecule has 2 rings (SSSR count). The quantitative estimate of drug-likeness (QED) is 0.830. The lowest BCUT2D eigenvalue weighted by atomic mass is 10.1. The van der Waals surface area contributed by atoms with Crippen LogP contribution in [-0.4, -0.2) is 28.0 Å². The largest absolute Gasteiger partial charge is 0.443 e. The van der Waals surface area contributed by atoms with Crippen LogP contribution >= 0.6 is 0 Å². The zero-order chi connectivity index (χ0) is 14.9. The molecule has 1 saturated heterocycles. The van der Waals surface area contributed by atoms with Gasteiger partial charge in [-0.05, 0) is 38.5 Å². The third-order valence-corrected chi connectivity index (χ3v) is 2.90. The van der Waals surface area contributed by atoms with Gasteiger partial charge in [0.15, 0.2) is 0 Å². The number of carbonyl (C=O) groups is 1. The number of nitrogens with one attached hydrogen (secondary N) is 1. The Kier molecular flexibility index (Phi) is 3.96. The van der Waals surface area contributed by atoms with Gasteiger partial charge in [-0.3, -0.25) is 0 Å². The highest BCUT2D eigenvalue weighted by molar-refractivity contribution is 5.68. The summed E-state index contributed by atoms with van der Waals surface area (Å²) in [4.78, 5) is 11.9. The van der Waals surface area contributed by atoms with Crippen LogP contribution in [0.4, 0.5) is 9.18 Å². The van der Waals surface area contributed by atoms with Crippen molar-refractivity contribution >= 4 is 6.09 Å². The summed E-state index contributed by atoms with van der Waals surface area (Å²) in [6.45, 7) is 5.26. The number of benzene rings is 1. The summed E-state index contributed by atoms with van der Waals surface area (Å²) in [7, 11) is 0. The molecule has 1 aromatic rings. The minimum absolute atomic E-state index is 0.252. The Bertz CT molecular complexity index is 484. The number of hydrazine groups is 1. The maximum Gasteiger partial charge on any atom is 0.427 e. The predicted molar refractivity (Wildman–Crippen MR) is 71.0 cm³/mol. The van der Waals surface area contributed by atoms with Crippen molar-refractivity contribution in [3.05, 3.63) is 35.6 Å². The van der Waals surface area contributed by atoms with Gasteiger partial charge in [-0.15, -0.1) is 0 Å². The summed E-state index contributed by atoms with van der Waals surface area (Å²) in [5.74, 6) is -0.323. The number of aliphatic hydroxyl groups excluding tert-OH is 1. The van der Waals surface area contributed by atoms with E-state index in [1.165, 1.54) is 12.1 Å². The summed E-state index contributed by atoms with van der Waals surface area (Å²) < 4.78 is 18.1. The van der Waals surface area contributed by atoms with E-state index in [0.717, 1.165) is 10.6 Å². The van der Waals surface area contributed by atoms with Crippen LogP contribution in [0.3, 0.4) is 0 Å². The van der Waals surface area contributed by atoms with E-state index in [-0.39, 0.29) is 11.9 Å². The standard InChI is InChI=1S/C14H19FN2O3/c1-14(2,3)20-13(19)17-12(18)8-11(16-17)9-4-6-10(15)7-5-9/h4-7,11-12,16,18H,8H2,1-3H3/t11-,12?/m0/s1. The van der Waals surface area contributed by atoms with Crippen LogP contribution in [0.2, 0.25) is 0 Å². The van der Waals surface area contributed by atoms with E-state index in [0.29, 0.717) is 6.42 Å². The van der Waals surface area contributed by atoms with Gasteiger partial charge in [0.25, 0.3) is 0 Å². The summed E-state index contributed by atoms with van der Waals surface area (Å²) in [6, 6.07) is 5.69. The van der Waals surface area contributed by atoms with Crippen molar-refractivity contribution in [1.29, 1.82) is 0 Å². The molecule has 0 bridgehead atoms. The van der Waals surface area contributed by atoms with Crippen LogP contribution < -0.4 is 5.43 Å². The number of halogens is 1. The molecule has 1 aliphatic heterocycles. The van der Waals surface area contributed by atoms with Gasteiger partial charge in [-0.25, -0.2) is 19.6 Å². The van der Waals surface area contributed by atoms with Gasteiger partial charge in [0, 0.05) is 6.42 Å². The molecule has 0 aliphatic carbocycles. The zero-order valence-electron chi connectivity index (χ0n) is 11.8. The molecule has 1 aliphatic rings. The minimum atomic E-state index is -0.972. The highest BCUT2D eigenvalue weighted by Gasteiger charge is 2.36. The van der Waals surface area contributed by atoms with E-state index >= 15 is 0 Å². The van der Waals surface area contributed by atoms with E-state index < -0.39 is 17.9 Å². The van der Waals surface area contributed by atoms with Crippen molar-refractivity contribution in [1.82, 2.24) is 10.4 Å². The first-order chi connectivity index (χ1) is 9.26. The molecule has 2 atom stereocenters. The van der Waals surface area contributed by atoms with E-state index in [2.05, 4.69) is 5.43 Å². The van der Waals surface area contributed by atoms with Crippen molar-refractivity contribution in [2.45, 2.75) is 45.1 Å². The molecule has 1 aromatic carbocycles. The molecule has 5 nitrogen and oxygen atoms in total. The van der Waals surface area contributed by atoms with E-state index in [1.807, 2.05) is 0 Å². The van der Waals surface area contributed by atoms with Gasteiger partial charge >= 0.3 is 6.09 Å². The fraction of sp³-hybridized carbons (Fsp3) is 0.500. The molecule has 0 saturated carbocycles. The van der Waals surface area contributed by atoms with Gasteiger partial charge in [0.1, 0.15) is 17.6 Å². The monoisotopic (exact) mass is 282 g/mol. The average Bonchev–Trinajstić information content (AvgIpc) is 2.70. The van der Waals surface area contributed by atoms with Crippen molar-refractivity contribution in [3.63, 3.8) is 0 Å². The van der Waals surface area contributed by atoms with Gasteiger partial charge in [-0.2, -0.15) is 0 Å². The number of aliphatic hydroxyl groups is 1. The summed E-state index contributed by atoms with van der Waals surface area (Å²) in [5, 5.41) is 11.0. The summed E-state index contributed by atoms with van der Waals surface area (Å²) >= 11 is 0. The maximum absolute atomic E-state index is 12.9. The molecular formula is C14H19FN2O3. The van der Waals surface area contributed by atoms with Crippen LogP contribution in [0.1, 0.15) is 38.8 Å². The van der Waals surface area contributed by atoms with E-state index in [9.17, 15) is 14.3 Å². The molecule has 2 N–H and O–H groups in total. The van der Waals surface area contributed by atoms with E-state index in [4.69, 9.17) is 4.74 Å². The maximum atomic E-state index is 12.9. The highest BCUT2D eigenvalue weighted by atomic mass is 19.1. The number of hydrogen-bond acceptors (Lipinski definition) is 4. The van der Waals surface area contributed by atoms with Crippen LogP contribution in [0.15, 0.2) is 24.3 Å². The van der Waals surface area contributed by atoms with Gasteiger partial charge < -0.3 is 9.84 Å². The number of amides is 1. The first-order valence-electron chi connectivity index (χ1n) is 6.48. The van der Waals surface area contributed by atoms with Crippen molar-refractivity contribution < 1.29 is 19.0 Å². The number of nitrogens with zero attached hydrogens (tertiary/aromatic N) is 1. The Morgan fingerprint density at radius 2 is 2.00 bits per heavy atom. The first kappa shape index (κ1) is 14.7. The second-order valence-electron chi connectivity index (χ2n) is 5.80. The molecule has 1 heterocycles. The van der Waals surface area contributed by atoms with Gasteiger partial charge in [0.05, 0.1) is 6.04 Å². The Morgan fingerprint density at radius 3 is 2.55 bits per heavy atom. The molecule has 1 fully saturated rings. The molecule has 1 amide bonds. The van der Waals surface area contributed by atoms with Crippen molar-refractivity contribution in [3.8, 4) is 0 Å². The number of ether oxygens (including phenoxy) is 1. The van der Waals surface area contributed by atoms with Crippen molar-refractivity contribution in [2.75, 3.05) is 0 Å². The molecule has 6 heteroatoms. The van der Waals surface area contributed by atoms with Crippen LogP contribution in [0.25, 0.3) is 0 Å². The average molecular weight is 282 g/mol. The number of carbonyl (C=O) groups excluding carboxylic acids is 1. The zero-order valence-corrected chi connectivity index (χ0v) is 11.8. The SMILES string of the molecule is CC(C)(C)OC(=O)N1N[C@H](c2ccc(F)cc2)CC1O. The highest BCUT2D eigenvalue weighted by Crippen LogP contribution is 2.27. The third kappa shape index (κ3) is 3.46. The first-order valence-corrected chi connectivity index (χ1v) is 6.48. The Hall–Kier alpha value is -1.66. The lowest BCUT2D eigenvalue weighted by Gasteiger charge is -2.26. The molecule has 20 heavy (non-hydrogen) atoms. The summed E-state index contributed by atoms with van der Waals surface area (Å²) in [5.41, 5.74) is 3.05. The Balaban J connectivity index is 2.05. The smallest absolute Gasteiger partial charge is 0.427 e. The number of rotatable bonds is 1. The molecule has 0 aromatic heterocycles. The normalized spacial score (nSPS) is 22.9. The lowest BCUT2D eigenvalue weighted by Crippen LogP contribution is -2.45. The van der Waals surface area contributed by atoms with Crippen molar-refractivity contribution in [2.24, 2.45) is 0 Å². The third-order valence-electron chi connectivity index (χ3n) is 2.90. The topological polar surface area (TPSA) is 61.8 Å². The van der Waals surface area contributed by atoms with Gasteiger partial charge in [-0.1, -0.05) is 12.1 Å². The summed E-state index contributed by atoms with van der Waals surface area (Å²) in [6.07, 6.45) is -1.28. The Labute approximate surface area is 117 Å². The van der Waals surface area contributed by atoms with Crippen LogP contribution in [0, 0.1) is 5.82 Å². The lowest BCUT2D eigenvalue weighted by molar-refractivity contribution is -0.0281. The van der Waals surface area contributed by atoms with E-state index in [1.54, 1.807) is 32.9 Å². The fourth-order valence-corrected chi connectivity index (χ4v) is 2.01. The van der Waals surface area contributed by atoms with Crippen LogP contribution in [-0.2, 0) is 4.74 Å². The predicted octanol–water partition coefficient (Wildman–Crippen LogP) is 2.33. The molecule has 1 unspecified atom stereocenters.